The lowest BCUT2D eigenvalue weighted by Crippen LogP contribution is -2.49. The van der Waals surface area contributed by atoms with Crippen LogP contribution in [0.5, 0.6) is 0 Å². The molecule has 2 aliphatic rings. The molecule has 0 aromatic heterocycles. The van der Waals surface area contributed by atoms with Gasteiger partial charge in [0.1, 0.15) is 5.69 Å². The molecule has 11 heteroatoms. The fourth-order valence-electron chi connectivity index (χ4n) is 4.12. The Morgan fingerprint density at radius 3 is 2.41 bits per heavy atom. The van der Waals surface area contributed by atoms with Crippen LogP contribution in [0.1, 0.15) is 33.1 Å². The van der Waals surface area contributed by atoms with Gasteiger partial charge in [0.05, 0.1) is 16.4 Å². The van der Waals surface area contributed by atoms with Crippen molar-refractivity contribution in [2.75, 3.05) is 57.3 Å². The molecule has 0 saturated carbocycles. The highest BCUT2D eigenvalue weighted by Gasteiger charge is 2.31. The van der Waals surface area contributed by atoms with Crippen LogP contribution < -0.4 is 10.2 Å². The largest absolute Gasteiger partial charge is 0.363 e. The Bertz CT molecular complexity index is 923. The number of rotatable bonds is 8. The molecular weight excluding hydrogens is 434 g/mol. The molecule has 1 aromatic carbocycles. The number of sulfonamides is 1. The maximum absolute atomic E-state index is 13.0. The predicted molar refractivity (Wildman–Crippen MR) is 122 cm³/mol. The van der Waals surface area contributed by atoms with Gasteiger partial charge in [-0.3, -0.25) is 19.8 Å². The van der Waals surface area contributed by atoms with E-state index in [9.17, 15) is 23.3 Å². The molecule has 3 rings (SSSR count). The van der Waals surface area contributed by atoms with Crippen LogP contribution in [-0.2, 0) is 14.8 Å². The summed E-state index contributed by atoms with van der Waals surface area (Å²) in [5, 5.41) is 14.6. The van der Waals surface area contributed by atoms with Crippen LogP contribution in [0.2, 0.25) is 0 Å². The number of piperidine rings is 1. The summed E-state index contributed by atoms with van der Waals surface area (Å²) >= 11 is 0. The van der Waals surface area contributed by atoms with Crippen molar-refractivity contribution in [3.8, 4) is 0 Å². The van der Waals surface area contributed by atoms with E-state index in [4.69, 9.17) is 0 Å². The van der Waals surface area contributed by atoms with Crippen molar-refractivity contribution in [1.82, 2.24) is 14.5 Å². The molecule has 32 heavy (non-hydrogen) atoms. The van der Waals surface area contributed by atoms with E-state index in [1.807, 2.05) is 16.7 Å². The van der Waals surface area contributed by atoms with Crippen LogP contribution in [0.15, 0.2) is 23.1 Å². The molecule has 0 unspecified atom stereocenters. The van der Waals surface area contributed by atoms with Crippen molar-refractivity contribution in [2.24, 2.45) is 5.92 Å². The van der Waals surface area contributed by atoms with Crippen LogP contribution in [0, 0.1) is 16.0 Å². The molecule has 0 spiro atoms. The van der Waals surface area contributed by atoms with Gasteiger partial charge >= 0.3 is 0 Å². The molecule has 1 amide bonds. The molecule has 0 bridgehead atoms. The van der Waals surface area contributed by atoms with Gasteiger partial charge in [0.2, 0.25) is 15.9 Å². The normalized spacial score (nSPS) is 19.1. The van der Waals surface area contributed by atoms with Gasteiger partial charge in [-0.15, -0.1) is 0 Å². The van der Waals surface area contributed by atoms with E-state index in [1.54, 1.807) is 6.07 Å². The van der Waals surface area contributed by atoms with Gasteiger partial charge in [-0.1, -0.05) is 13.8 Å². The number of nitro groups is 1. The van der Waals surface area contributed by atoms with Gasteiger partial charge in [0.15, 0.2) is 0 Å². The number of hydrogen-bond donors (Lipinski definition) is 1. The minimum absolute atomic E-state index is 0.0204. The number of nitrogens with one attached hydrogen (secondary N) is 1. The number of carbonyl (C=O) groups is 1. The second-order valence-electron chi connectivity index (χ2n) is 8.61. The summed E-state index contributed by atoms with van der Waals surface area (Å²) in [6, 6.07) is 4.20. The zero-order valence-corrected chi connectivity index (χ0v) is 19.6. The number of amides is 1. The Hall–Kier alpha value is -2.24. The van der Waals surface area contributed by atoms with Crippen LogP contribution in [0.25, 0.3) is 0 Å². The molecular formula is C21H33N5O5S. The first-order chi connectivity index (χ1) is 15.2. The molecule has 0 aliphatic carbocycles. The van der Waals surface area contributed by atoms with E-state index in [0.717, 1.165) is 19.3 Å². The summed E-state index contributed by atoms with van der Waals surface area (Å²) in [6.45, 7) is 8.18. The van der Waals surface area contributed by atoms with Gasteiger partial charge in [-0.05, 0) is 37.3 Å². The third-order valence-electron chi connectivity index (χ3n) is 6.18. The SMILES string of the molecule is CCCNC(=O)CN1CCN(c2ccc(S(=O)(=O)N3CCC(C)CC3)cc2[N+](=O)[O-])CC1. The molecule has 1 aromatic rings. The first-order valence-corrected chi connectivity index (χ1v) is 12.7. The number of anilines is 1. The first kappa shape index (κ1) is 24.4. The Kier molecular flexibility index (Phi) is 8.07. The fraction of sp³-hybridized carbons (Fsp3) is 0.667. The molecule has 178 valence electrons. The molecule has 1 N–H and O–H groups in total. The Labute approximate surface area is 189 Å². The van der Waals surface area contributed by atoms with Gasteiger partial charge in [-0.25, -0.2) is 8.42 Å². The molecule has 2 aliphatic heterocycles. The lowest BCUT2D eigenvalue weighted by atomic mass is 10.0. The first-order valence-electron chi connectivity index (χ1n) is 11.2. The van der Waals surface area contributed by atoms with Crippen molar-refractivity contribution in [3.05, 3.63) is 28.3 Å². The third kappa shape index (κ3) is 5.76. The van der Waals surface area contributed by atoms with Gasteiger partial charge in [-0.2, -0.15) is 4.31 Å². The minimum Gasteiger partial charge on any atom is -0.363 e. The van der Waals surface area contributed by atoms with Crippen LogP contribution >= 0.6 is 0 Å². The second kappa shape index (κ2) is 10.6. The number of hydrogen-bond acceptors (Lipinski definition) is 7. The predicted octanol–water partition coefficient (Wildman–Crippen LogP) is 1.66. The van der Waals surface area contributed by atoms with Crippen molar-refractivity contribution in [2.45, 2.75) is 38.0 Å². The van der Waals surface area contributed by atoms with Crippen LogP contribution in [0.3, 0.4) is 0 Å². The van der Waals surface area contributed by atoms with Crippen LogP contribution in [-0.4, -0.2) is 80.8 Å². The van der Waals surface area contributed by atoms with Crippen LogP contribution in [0.4, 0.5) is 11.4 Å². The van der Waals surface area contributed by atoms with Gasteiger partial charge in [0, 0.05) is 51.9 Å². The van der Waals surface area contributed by atoms with Crippen molar-refractivity contribution < 1.29 is 18.1 Å². The monoisotopic (exact) mass is 467 g/mol. The maximum atomic E-state index is 13.0. The molecule has 10 nitrogen and oxygen atoms in total. The summed E-state index contributed by atoms with van der Waals surface area (Å²) in [5.41, 5.74) is 0.210. The van der Waals surface area contributed by atoms with E-state index in [0.29, 0.717) is 64.0 Å². The number of nitro benzene ring substituents is 1. The Balaban J connectivity index is 1.71. The van der Waals surface area contributed by atoms with Gasteiger partial charge < -0.3 is 10.2 Å². The van der Waals surface area contributed by atoms with Crippen molar-refractivity contribution in [1.29, 1.82) is 0 Å². The summed E-state index contributed by atoms with van der Waals surface area (Å²) in [5.74, 6) is 0.461. The lowest BCUT2D eigenvalue weighted by Gasteiger charge is -2.35. The number of benzene rings is 1. The van der Waals surface area contributed by atoms with E-state index >= 15 is 0 Å². The number of nitrogens with zero attached hydrogens (tertiary/aromatic N) is 4. The number of piperazine rings is 1. The van der Waals surface area contributed by atoms with E-state index in [-0.39, 0.29) is 16.5 Å². The average molecular weight is 468 g/mol. The number of carbonyl (C=O) groups excluding carboxylic acids is 1. The summed E-state index contributed by atoms with van der Waals surface area (Å²) in [6.07, 6.45) is 2.46. The highest BCUT2D eigenvalue weighted by atomic mass is 32.2. The molecule has 0 radical (unpaired) electrons. The smallest absolute Gasteiger partial charge is 0.293 e. The molecule has 2 heterocycles. The standard InChI is InChI=1S/C21H33N5O5S/c1-3-8-22-21(27)16-23-11-13-24(14-12-23)19-5-4-18(15-20(19)26(28)29)32(30,31)25-9-6-17(2)7-10-25/h4-5,15,17H,3,6-14,16H2,1-2H3,(H,22,27). The van der Waals surface area contributed by atoms with Crippen molar-refractivity contribution >= 4 is 27.3 Å². The highest BCUT2D eigenvalue weighted by molar-refractivity contribution is 7.89. The second-order valence-corrected chi connectivity index (χ2v) is 10.5. The summed E-state index contributed by atoms with van der Waals surface area (Å²) < 4.78 is 27.5. The van der Waals surface area contributed by atoms with E-state index in [2.05, 4.69) is 12.2 Å². The Morgan fingerprint density at radius 2 is 1.81 bits per heavy atom. The topological polar surface area (TPSA) is 116 Å². The summed E-state index contributed by atoms with van der Waals surface area (Å²) in [7, 11) is -3.76. The minimum atomic E-state index is -3.76. The quantitative estimate of drug-likeness (QED) is 0.457. The van der Waals surface area contributed by atoms with Crippen molar-refractivity contribution in [3.63, 3.8) is 0 Å². The molecule has 2 fully saturated rings. The summed E-state index contributed by atoms with van der Waals surface area (Å²) in [4.78, 5) is 27.1. The molecule has 0 atom stereocenters. The zero-order valence-electron chi connectivity index (χ0n) is 18.8. The fourth-order valence-corrected chi connectivity index (χ4v) is 5.61. The lowest BCUT2D eigenvalue weighted by molar-refractivity contribution is -0.384. The average Bonchev–Trinajstić information content (AvgIpc) is 2.78. The third-order valence-corrected chi connectivity index (χ3v) is 8.07. The highest BCUT2D eigenvalue weighted by Crippen LogP contribution is 2.33. The van der Waals surface area contributed by atoms with E-state index in [1.165, 1.54) is 16.4 Å². The zero-order chi connectivity index (χ0) is 23.3. The molecule has 2 saturated heterocycles. The van der Waals surface area contributed by atoms with E-state index < -0.39 is 14.9 Å². The maximum Gasteiger partial charge on any atom is 0.293 e. The Morgan fingerprint density at radius 1 is 1.16 bits per heavy atom. The van der Waals surface area contributed by atoms with Gasteiger partial charge in [0.25, 0.3) is 5.69 Å².